The number of rotatable bonds is 7. The minimum absolute atomic E-state index is 0.322. The Morgan fingerprint density at radius 3 is 3.05 bits per heavy atom. The van der Waals surface area contributed by atoms with E-state index < -0.39 is 0 Å². The zero-order valence-electron chi connectivity index (χ0n) is 12.5. The van der Waals surface area contributed by atoms with Crippen LogP contribution in [0.1, 0.15) is 44.3 Å². The molecule has 1 aliphatic rings. The molecule has 1 fully saturated rings. The second-order valence-corrected chi connectivity index (χ2v) is 5.45. The SMILES string of the molecule is CCCCc1noc(CN2CCC(OC)CC2CN)n1. The third-order valence-electron chi connectivity index (χ3n) is 4.00. The van der Waals surface area contributed by atoms with Crippen LogP contribution >= 0.6 is 0 Å². The quantitative estimate of drug-likeness (QED) is 0.813. The van der Waals surface area contributed by atoms with Crippen molar-refractivity contribution in [1.29, 1.82) is 0 Å². The van der Waals surface area contributed by atoms with Crippen LogP contribution in [-0.2, 0) is 17.7 Å². The Hall–Kier alpha value is -0.980. The second-order valence-electron chi connectivity index (χ2n) is 5.45. The van der Waals surface area contributed by atoms with Gasteiger partial charge in [0.05, 0.1) is 12.6 Å². The maximum absolute atomic E-state index is 5.87. The maximum atomic E-state index is 5.87. The van der Waals surface area contributed by atoms with E-state index in [1.165, 1.54) is 0 Å². The second kappa shape index (κ2) is 7.71. The van der Waals surface area contributed by atoms with E-state index in [1.54, 1.807) is 7.11 Å². The highest BCUT2D eigenvalue weighted by atomic mass is 16.5. The molecule has 0 saturated carbocycles. The van der Waals surface area contributed by atoms with E-state index in [2.05, 4.69) is 22.0 Å². The summed E-state index contributed by atoms with van der Waals surface area (Å²) in [6.45, 7) is 4.45. The smallest absolute Gasteiger partial charge is 0.240 e. The Morgan fingerprint density at radius 1 is 1.50 bits per heavy atom. The third-order valence-corrected chi connectivity index (χ3v) is 4.00. The lowest BCUT2D eigenvalue weighted by molar-refractivity contribution is 0.00676. The van der Waals surface area contributed by atoms with Gasteiger partial charge in [0.15, 0.2) is 5.82 Å². The fraction of sp³-hybridized carbons (Fsp3) is 0.857. The van der Waals surface area contributed by atoms with Gasteiger partial charge < -0.3 is 15.0 Å². The Kier molecular flexibility index (Phi) is 5.94. The van der Waals surface area contributed by atoms with Crippen LogP contribution in [0, 0.1) is 0 Å². The van der Waals surface area contributed by atoms with Gasteiger partial charge in [-0.1, -0.05) is 18.5 Å². The molecule has 0 spiro atoms. The van der Waals surface area contributed by atoms with Gasteiger partial charge in [-0.05, 0) is 19.3 Å². The van der Waals surface area contributed by atoms with Crippen molar-refractivity contribution in [2.45, 2.75) is 57.7 Å². The van der Waals surface area contributed by atoms with E-state index in [-0.39, 0.29) is 0 Å². The number of nitrogens with two attached hydrogens (primary N) is 1. The van der Waals surface area contributed by atoms with Gasteiger partial charge in [0, 0.05) is 32.7 Å². The van der Waals surface area contributed by atoms with Gasteiger partial charge in [-0.25, -0.2) is 0 Å². The number of aryl methyl sites for hydroxylation is 1. The molecular weight excluding hydrogens is 256 g/mol. The van der Waals surface area contributed by atoms with Crippen LogP contribution in [0.2, 0.25) is 0 Å². The Balaban J connectivity index is 1.89. The molecule has 0 aromatic carbocycles. The highest BCUT2D eigenvalue weighted by Crippen LogP contribution is 2.21. The van der Waals surface area contributed by atoms with Gasteiger partial charge in [-0.3, -0.25) is 4.90 Å². The summed E-state index contributed by atoms with van der Waals surface area (Å²) in [6, 6.07) is 0.333. The molecule has 2 atom stereocenters. The zero-order chi connectivity index (χ0) is 14.4. The number of piperidine rings is 1. The molecule has 114 valence electrons. The number of aromatic nitrogens is 2. The number of hydrogen-bond donors (Lipinski definition) is 1. The lowest BCUT2D eigenvalue weighted by Gasteiger charge is -2.37. The largest absolute Gasteiger partial charge is 0.381 e. The monoisotopic (exact) mass is 282 g/mol. The van der Waals surface area contributed by atoms with Crippen LogP contribution in [0.15, 0.2) is 4.52 Å². The van der Waals surface area contributed by atoms with Crippen molar-refractivity contribution < 1.29 is 9.26 Å². The average molecular weight is 282 g/mol. The van der Waals surface area contributed by atoms with Crippen LogP contribution in [0.4, 0.5) is 0 Å². The van der Waals surface area contributed by atoms with Crippen molar-refractivity contribution >= 4 is 0 Å². The summed E-state index contributed by atoms with van der Waals surface area (Å²) in [5, 5.41) is 4.03. The summed E-state index contributed by atoms with van der Waals surface area (Å²) in [5.74, 6) is 1.52. The number of likely N-dealkylation sites (tertiary alicyclic amines) is 1. The van der Waals surface area contributed by atoms with Crippen molar-refractivity contribution in [2.75, 3.05) is 20.2 Å². The summed E-state index contributed by atoms with van der Waals surface area (Å²) >= 11 is 0. The summed E-state index contributed by atoms with van der Waals surface area (Å²) in [6.07, 6.45) is 5.47. The minimum Gasteiger partial charge on any atom is -0.381 e. The standard InChI is InChI=1S/C14H26N4O2/c1-3-4-5-13-16-14(20-17-13)10-18-7-6-12(19-2)8-11(18)9-15/h11-12H,3-10,15H2,1-2H3. The number of nitrogens with zero attached hydrogens (tertiary/aromatic N) is 3. The number of unbranched alkanes of at least 4 members (excludes halogenated alkanes) is 1. The molecule has 20 heavy (non-hydrogen) atoms. The molecule has 6 nitrogen and oxygen atoms in total. The van der Waals surface area contributed by atoms with E-state index >= 15 is 0 Å². The average Bonchev–Trinajstić information content (AvgIpc) is 2.93. The maximum Gasteiger partial charge on any atom is 0.240 e. The van der Waals surface area contributed by atoms with Crippen LogP contribution < -0.4 is 5.73 Å². The van der Waals surface area contributed by atoms with Gasteiger partial charge in [-0.2, -0.15) is 4.98 Å². The first kappa shape index (κ1) is 15.4. The molecular formula is C14H26N4O2. The predicted molar refractivity (Wildman–Crippen MR) is 76.2 cm³/mol. The summed E-state index contributed by atoms with van der Waals surface area (Å²) in [4.78, 5) is 6.78. The molecule has 0 bridgehead atoms. The highest BCUT2D eigenvalue weighted by molar-refractivity contribution is 4.90. The van der Waals surface area contributed by atoms with Crippen LogP contribution in [0.5, 0.6) is 0 Å². The normalized spacial score (nSPS) is 24.1. The number of methoxy groups -OCH3 is 1. The first-order valence-electron chi connectivity index (χ1n) is 7.55. The van der Waals surface area contributed by atoms with Crippen LogP contribution in [0.25, 0.3) is 0 Å². The molecule has 1 aromatic rings. The van der Waals surface area contributed by atoms with Gasteiger partial charge in [0.2, 0.25) is 5.89 Å². The number of ether oxygens (including phenoxy) is 1. The molecule has 1 saturated heterocycles. The summed E-state index contributed by atoms with van der Waals surface area (Å²) in [7, 11) is 1.77. The number of hydrogen-bond acceptors (Lipinski definition) is 6. The molecule has 0 aliphatic carbocycles. The Labute approximate surface area is 120 Å². The molecule has 6 heteroatoms. The molecule has 2 N–H and O–H groups in total. The van der Waals surface area contributed by atoms with E-state index in [9.17, 15) is 0 Å². The summed E-state index contributed by atoms with van der Waals surface area (Å²) in [5.41, 5.74) is 5.87. The topological polar surface area (TPSA) is 77.4 Å². The molecule has 0 amide bonds. The summed E-state index contributed by atoms with van der Waals surface area (Å²) < 4.78 is 10.8. The lowest BCUT2D eigenvalue weighted by atomic mass is 9.99. The van der Waals surface area contributed by atoms with Crippen molar-refractivity contribution in [1.82, 2.24) is 15.0 Å². The van der Waals surface area contributed by atoms with Crippen LogP contribution in [0.3, 0.4) is 0 Å². The molecule has 2 unspecified atom stereocenters. The molecule has 2 rings (SSSR count). The minimum atomic E-state index is 0.322. The van der Waals surface area contributed by atoms with E-state index in [0.717, 1.165) is 44.5 Å². The van der Waals surface area contributed by atoms with Crippen molar-refractivity contribution in [2.24, 2.45) is 5.73 Å². The third kappa shape index (κ3) is 4.01. The zero-order valence-corrected chi connectivity index (χ0v) is 12.5. The molecule has 0 radical (unpaired) electrons. The van der Waals surface area contributed by atoms with Gasteiger partial charge in [-0.15, -0.1) is 0 Å². The van der Waals surface area contributed by atoms with E-state index in [4.69, 9.17) is 15.0 Å². The van der Waals surface area contributed by atoms with Gasteiger partial charge >= 0.3 is 0 Å². The Bertz CT molecular complexity index is 396. The first-order valence-corrected chi connectivity index (χ1v) is 7.55. The van der Waals surface area contributed by atoms with Gasteiger partial charge in [0.1, 0.15) is 0 Å². The van der Waals surface area contributed by atoms with Crippen LogP contribution in [-0.4, -0.2) is 47.4 Å². The van der Waals surface area contributed by atoms with E-state index in [0.29, 0.717) is 31.1 Å². The fourth-order valence-corrected chi connectivity index (χ4v) is 2.69. The first-order chi connectivity index (χ1) is 9.76. The predicted octanol–water partition coefficient (Wildman–Crippen LogP) is 1.35. The lowest BCUT2D eigenvalue weighted by Crippen LogP contribution is -2.48. The van der Waals surface area contributed by atoms with E-state index in [1.807, 2.05) is 0 Å². The Morgan fingerprint density at radius 2 is 2.35 bits per heavy atom. The van der Waals surface area contributed by atoms with Gasteiger partial charge in [0.25, 0.3) is 0 Å². The molecule has 1 aromatic heterocycles. The van der Waals surface area contributed by atoms with Crippen molar-refractivity contribution in [3.05, 3.63) is 11.7 Å². The molecule has 1 aliphatic heterocycles. The van der Waals surface area contributed by atoms with Crippen molar-refractivity contribution in [3.8, 4) is 0 Å². The highest BCUT2D eigenvalue weighted by Gasteiger charge is 2.28. The fourth-order valence-electron chi connectivity index (χ4n) is 2.69. The van der Waals surface area contributed by atoms with Crippen molar-refractivity contribution in [3.63, 3.8) is 0 Å². The molecule has 2 heterocycles.